The van der Waals surface area contributed by atoms with Crippen LogP contribution >= 0.6 is 0 Å². The van der Waals surface area contributed by atoms with Crippen molar-refractivity contribution >= 4 is 11.8 Å². The summed E-state index contributed by atoms with van der Waals surface area (Å²) in [5.74, 6) is -0.950. The molecule has 2 aromatic heterocycles. The molecule has 7 nitrogen and oxygen atoms in total. The minimum atomic E-state index is -0.451. The molecule has 3 heterocycles. The van der Waals surface area contributed by atoms with Crippen molar-refractivity contribution in [2.45, 2.75) is 19.9 Å². The second-order valence-corrected chi connectivity index (χ2v) is 7.70. The second-order valence-electron chi connectivity index (χ2n) is 7.70. The van der Waals surface area contributed by atoms with E-state index in [-0.39, 0.29) is 23.9 Å². The molecule has 8 heteroatoms. The Bertz CT molecular complexity index is 1220. The number of nitrogens with zero attached hydrogens (tertiary/aromatic N) is 4. The van der Waals surface area contributed by atoms with Gasteiger partial charge in [-0.05, 0) is 60.9 Å². The van der Waals surface area contributed by atoms with Gasteiger partial charge in [-0.25, -0.2) is 4.39 Å². The SMILES string of the molecule is CCN(C)C(=O)c1c2c(cn(-c3ccc(F)cc3)c1=O)CN(C(=O)c1cccnc1)CC2. The van der Waals surface area contributed by atoms with Crippen LogP contribution in [0.5, 0.6) is 0 Å². The molecule has 32 heavy (non-hydrogen) atoms. The Morgan fingerprint density at radius 3 is 2.59 bits per heavy atom. The van der Waals surface area contributed by atoms with Crippen molar-refractivity contribution < 1.29 is 14.0 Å². The van der Waals surface area contributed by atoms with Crippen molar-refractivity contribution in [2.75, 3.05) is 20.1 Å². The number of fused-ring (bicyclic) bond motifs is 1. The Kier molecular flexibility index (Phi) is 5.85. The van der Waals surface area contributed by atoms with Gasteiger partial charge in [0.2, 0.25) is 0 Å². The summed E-state index contributed by atoms with van der Waals surface area (Å²) in [4.78, 5) is 46.6. The number of amides is 2. The number of hydrogen-bond donors (Lipinski definition) is 0. The average Bonchev–Trinajstić information content (AvgIpc) is 2.83. The second kappa shape index (κ2) is 8.74. The summed E-state index contributed by atoms with van der Waals surface area (Å²) in [6, 6.07) is 8.91. The minimum Gasteiger partial charge on any atom is -0.342 e. The van der Waals surface area contributed by atoms with E-state index in [0.717, 1.165) is 0 Å². The molecule has 3 aromatic rings. The molecule has 0 N–H and O–H groups in total. The van der Waals surface area contributed by atoms with Crippen molar-refractivity contribution in [1.29, 1.82) is 0 Å². The molecule has 1 aromatic carbocycles. The third kappa shape index (κ3) is 3.91. The summed E-state index contributed by atoms with van der Waals surface area (Å²) in [7, 11) is 1.64. The fourth-order valence-electron chi connectivity index (χ4n) is 3.85. The average molecular weight is 434 g/mol. The van der Waals surface area contributed by atoms with Gasteiger partial charge in [0.1, 0.15) is 11.4 Å². The van der Waals surface area contributed by atoms with Crippen molar-refractivity contribution in [1.82, 2.24) is 19.4 Å². The number of aromatic nitrogens is 2. The van der Waals surface area contributed by atoms with Crippen LogP contribution in [-0.2, 0) is 13.0 Å². The maximum atomic E-state index is 13.4. The zero-order valence-electron chi connectivity index (χ0n) is 17.9. The summed E-state index contributed by atoms with van der Waals surface area (Å²) in [6.45, 7) is 2.92. The predicted molar refractivity (Wildman–Crippen MR) is 117 cm³/mol. The van der Waals surface area contributed by atoms with Crippen LogP contribution in [0.2, 0.25) is 0 Å². The fraction of sp³-hybridized carbons (Fsp3) is 0.250. The van der Waals surface area contributed by atoms with E-state index in [1.807, 2.05) is 6.92 Å². The molecular formula is C24H23FN4O3. The molecule has 0 bridgehead atoms. The van der Waals surface area contributed by atoms with E-state index in [2.05, 4.69) is 4.98 Å². The summed E-state index contributed by atoms with van der Waals surface area (Å²) >= 11 is 0. The van der Waals surface area contributed by atoms with Gasteiger partial charge in [-0.3, -0.25) is 23.9 Å². The molecule has 1 aliphatic rings. The van der Waals surface area contributed by atoms with Crippen LogP contribution in [0, 0.1) is 5.82 Å². The van der Waals surface area contributed by atoms with E-state index in [1.54, 1.807) is 36.5 Å². The predicted octanol–water partition coefficient (Wildman–Crippen LogP) is 2.66. The molecule has 0 fully saturated rings. The van der Waals surface area contributed by atoms with Crippen LogP contribution in [-0.4, -0.2) is 51.3 Å². The number of rotatable bonds is 4. The molecule has 2 amide bonds. The molecule has 164 valence electrons. The van der Waals surface area contributed by atoms with Crippen molar-refractivity contribution in [2.24, 2.45) is 0 Å². The largest absolute Gasteiger partial charge is 0.342 e. The maximum Gasteiger partial charge on any atom is 0.268 e. The van der Waals surface area contributed by atoms with Crippen LogP contribution in [0.4, 0.5) is 4.39 Å². The number of hydrogen-bond acceptors (Lipinski definition) is 4. The highest BCUT2D eigenvalue weighted by atomic mass is 19.1. The molecular weight excluding hydrogens is 411 g/mol. The van der Waals surface area contributed by atoms with E-state index >= 15 is 0 Å². The number of carbonyl (C=O) groups excluding carboxylic acids is 2. The van der Waals surface area contributed by atoms with Gasteiger partial charge in [0.05, 0.1) is 5.56 Å². The van der Waals surface area contributed by atoms with Gasteiger partial charge in [0, 0.05) is 51.0 Å². The highest BCUT2D eigenvalue weighted by Gasteiger charge is 2.29. The Morgan fingerprint density at radius 1 is 1.19 bits per heavy atom. The van der Waals surface area contributed by atoms with Gasteiger partial charge < -0.3 is 9.80 Å². The Balaban J connectivity index is 1.82. The van der Waals surface area contributed by atoms with Gasteiger partial charge in [-0.15, -0.1) is 0 Å². The quantitative estimate of drug-likeness (QED) is 0.633. The molecule has 0 saturated carbocycles. The number of carbonyl (C=O) groups is 2. The molecule has 0 radical (unpaired) electrons. The first-order valence-corrected chi connectivity index (χ1v) is 10.4. The van der Waals surface area contributed by atoms with E-state index < -0.39 is 11.4 Å². The molecule has 0 saturated heterocycles. The van der Waals surface area contributed by atoms with Crippen LogP contribution in [0.3, 0.4) is 0 Å². The number of halogens is 1. The molecule has 1 aliphatic heterocycles. The first-order valence-electron chi connectivity index (χ1n) is 10.4. The van der Waals surface area contributed by atoms with Gasteiger partial charge >= 0.3 is 0 Å². The molecule has 0 spiro atoms. The maximum absolute atomic E-state index is 13.4. The third-order valence-corrected chi connectivity index (χ3v) is 5.74. The zero-order chi connectivity index (χ0) is 22.8. The number of pyridine rings is 2. The summed E-state index contributed by atoms with van der Waals surface area (Å²) in [6.07, 6.45) is 5.16. The smallest absolute Gasteiger partial charge is 0.268 e. The van der Waals surface area contributed by atoms with Crippen LogP contribution in [0.25, 0.3) is 5.69 Å². The molecule has 4 rings (SSSR count). The first kappa shape index (κ1) is 21.4. The Hall–Kier alpha value is -3.81. The summed E-state index contributed by atoms with van der Waals surface area (Å²) < 4.78 is 14.8. The Labute approximate surface area is 184 Å². The third-order valence-electron chi connectivity index (χ3n) is 5.74. The van der Waals surface area contributed by atoms with E-state index in [0.29, 0.717) is 41.9 Å². The lowest BCUT2D eigenvalue weighted by Crippen LogP contribution is -2.41. The normalized spacial score (nSPS) is 12.9. The minimum absolute atomic E-state index is 0.102. The summed E-state index contributed by atoms with van der Waals surface area (Å²) in [5.41, 5.74) is 1.95. The standard InChI is InChI=1S/C24H23FN4O3/c1-3-27(2)23(31)21-20-10-12-28(22(30)16-5-4-11-26-13-16)14-17(20)15-29(24(21)32)19-8-6-18(25)7-9-19/h4-9,11,13,15H,3,10,12,14H2,1-2H3. The Morgan fingerprint density at radius 2 is 1.94 bits per heavy atom. The van der Waals surface area contributed by atoms with Crippen LogP contribution in [0.1, 0.15) is 38.8 Å². The van der Waals surface area contributed by atoms with Gasteiger partial charge in [0.25, 0.3) is 17.4 Å². The van der Waals surface area contributed by atoms with Crippen molar-refractivity contribution in [3.05, 3.63) is 93.4 Å². The lowest BCUT2D eigenvalue weighted by Gasteiger charge is -2.31. The monoisotopic (exact) mass is 434 g/mol. The number of benzene rings is 1. The highest BCUT2D eigenvalue weighted by Crippen LogP contribution is 2.24. The molecule has 0 atom stereocenters. The first-order chi connectivity index (χ1) is 15.4. The lowest BCUT2D eigenvalue weighted by atomic mass is 9.95. The van der Waals surface area contributed by atoms with Gasteiger partial charge in [0.15, 0.2) is 0 Å². The van der Waals surface area contributed by atoms with E-state index in [4.69, 9.17) is 0 Å². The molecule has 0 unspecified atom stereocenters. The zero-order valence-corrected chi connectivity index (χ0v) is 17.9. The lowest BCUT2D eigenvalue weighted by molar-refractivity contribution is 0.0733. The van der Waals surface area contributed by atoms with E-state index in [1.165, 1.54) is 39.9 Å². The topological polar surface area (TPSA) is 75.5 Å². The van der Waals surface area contributed by atoms with Crippen LogP contribution < -0.4 is 5.56 Å². The fourth-order valence-corrected chi connectivity index (χ4v) is 3.85. The highest BCUT2D eigenvalue weighted by molar-refractivity contribution is 5.96. The van der Waals surface area contributed by atoms with Gasteiger partial charge in [-0.1, -0.05) is 0 Å². The van der Waals surface area contributed by atoms with Crippen LogP contribution in [0.15, 0.2) is 59.8 Å². The van der Waals surface area contributed by atoms with Crippen molar-refractivity contribution in [3.8, 4) is 5.69 Å². The van der Waals surface area contributed by atoms with Crippen molar-refractivity contribution in [3.63, 3.8) is 0 Å². The summed E-state index contributed by atoms with van der Waals surface area (Å²) in [5, 5.41) is 0. The molecule has 0 aliphatic carbocycles. The van der Waals surface area contributed by atoms with E-state index in [9.17, 15) is 18.8 Å². The van der Waals surface area contributed by atoms with Gasteiger partial charge in [-0.2, -0.15) is 0 Å².